The highest BCUT2D eigenvalue weighted by molar-refractivity contribution is 5.22. The van der Waals surface area contributed by atoms with Gasteiger partial charge in [-0.05, 0) is 38.7 Å². The van der Waals surface area contributed by atoms with Crippen LogP contribution >= 0.6 is 0 Å². The zero-order valence-corrected chi connectivity index (χ0v) is 11.3. The van der Waals surface area contributed by atoms with Crippen LogP contribution in [0.3, 0.4) is 0 Å². The molecule has 2 atom stereocenters. The van der Waals surface area contributed by atoms with Gasteiger partial charge >= 0.3 is 0 Å². The highest BCUT2D eigenvalue weighted by atomic mass is 19.2. The van der Waals surface area contributed by atoms with E-state index in [0.29, 0.717) is 12.1 Å². The van der Waals surface area contributed by atoms with Crippen molar-refractivity contribution >= 4 is 0 Å². The fourth-order valence-electron chi connectivity index (χ4n) is 1.74. The molecule has 0 spiro atoms. The number of hydrogen-bond donors (Lipinski definition) is 2. The molecule has 6 heteroatoms. The molecular weight excluding hydrogens is 257 g/mol. The molecule has 2 N–H and O–H groups in total. The van der Waals surface area contributed by atoms with Crippen molar-refractivity contribution in [3.05, 3.63) is 35.1 Å². The van der Waals surface area contributed by atoms with Crippen LogP contribution in [0.25, 0.3) is 0 Å². The third-order valence-corrected chi connectivity index (χ3v) is 2.74. The molecule has 0 saturated carbocycles. The van der Waals surface area contributed by atoms with E-state index in [-0.39, 0.29) is 12.6 Å². The maximum absolute atomic E-state index is 13.1. The molecule has 1 rings (SSSR count). The second kappa shape index (κ2) is 6.88. The minimum Gasteiger partial charge on any atom is -0.390 e. The molecule has 19 heavy (non-hydrogen) atoms. The molecule has 0 heterocycles. The van der Waals surface area contributed by atoms with Crippen LogP contribution in [-0.4, -0.2) is 43.3 Å². The van der Waals surface area contributed by atoms with Crippen molar-refractivity contribution in [2.75, 3.05) is 27.2 Å². The summed E-state index contributed by atoms with van der Waals surface area (Å²) in [6.07, 6.45) is -0.590. The quantitative estimate of drug-likeness (QED) is 0.776. The van der Waals surface area contributed by atoms with E-state index < -0.39 is 23.6 Å². The molecule has 1 aromatic rings. The lowest BCUT2D eigenvalue weighted by Gasteiger charge is -2.20. The highest BCUT2D eigenvalue weighted by Gasteiger charge is 2.15. The van der Waals surface area contributed by atoms with E-state index >= 15 is 0 Å². The molecule has 0 fully saturated rings. The molecule has 2 unspecified atom stereocenters. The zero-order valence-electron chi connectivity index (χ0n) is 11.3. The van der Waals surface area contributed by atoms with Gasteiger partial charge in [0.25, 0.3) is 0 Å². The number of likely N-dealkylation sites (N-methyl/N-ethyl adjacent to an activating group) is 1. The van der Waals surface area contributed by atoms with Crippen molar-refractivity contribution in [2.24, 2.45) is 0 Å². The Balaban J connectivity index is 2.61. The van der Waals surface area contributed by atoms with Crippen molar-refractivity contribution in [3.8, 4) is 0 Å². The summed E-state index contributed by atoms with van der Waals surface area (Å²) in [5, 5.41) is 12.6. The summed E-state index contributed by atoms with van der Waals surface area (Å²) in [5.41, 5.74) is 0.299. The van der Waals surface area contributed by atoms with E-state index in [1.165, 1.54) is 0 Å². The lowest BCUT2D eigenvalue weighted by atomic mass is 10.1. The fraction of sp³-hybridized carbons (Fsp3) is 0.538. The van der Waals surface area contributed by atoms with Gasteiger partial charge in [0, 0.05) is 19.1 Å². The number of aliphatic hydroxyl groups excluding tert-OH is 1. The van der Waals surface area contributed by atoms with Gasteiger partial charge in [-0.1, -0.05) is 0 Å². The number of aliphatic hydroxyl groups is 1. The van der Waals surface area contributed by atoms with Crippen LogP contribution in [0.5, 0.6) is 0 Å². The van der Waals surface area contributed by atoms with Crippen molar-refractivity contribution < 1.29 is 18.3 Å². The molecule has 0 aromatic heterocycles. The molecule has 3 nitrogen and oxygen atoms in total. The first-order chi connectivity index (χ1) is 8.81. The second-order valence-corrected chi connectivity index (χ2v) is 4.84. The van der Waals surface area contributed by atoms with Gasteiger partial charge in [0.1, 0.15) is 0 Å². The topological polar surface area (TPSA) is 35.5 Å². The summed E-state index contributed by atoms with van der Waals surface area (Å²) in [5.74, 6) is -3.89. The highest BCUT2D eigenvalue weighted by Crippen LogP contribution is 2.18. The van der Waals surface area contributed by atoms with E-state index in [0.717, 1.165) is 12.1 Å². The van der Waals surface area contributed by atoms with Gasteiger partial charge in [-0.3, -0.25) is 0 Å². The third-order valence-electron chi connectivity index (χ3n) is 2.74. The van der Waals surface area contributed by atoms with Crippen LogP contribution in [0, 0.1) is 17.5 Å². The van der Waals surface area contributed by atoms with Crippen molar-refractivity contribution in [1.29, 1.82) is 0 Å². The summed E-state index contributed by atoms with van der Waals surface area (Å²) in [6, 6.07) is 1.52. The maximum Gasteiger partial charge on any atom is 0.194 e. The Kier molecular flexibility index (Phi) is 5.78. The predicted octanol–water partition coefficient (Wildman–Crippen LogP) is 1.68. The Labute approximate surface area is 111 Å². The van der Waals surface area contributed by atoms with Crippen molar-refractivity contribution in [1.82, 2.24) is 10.2 Å². The van der Waals surface area contributed by atoms with Gasteiger partial charge in [-0.2, -0.15) is 0 Å². The molecule has 0 bridgehead atoms. The summed E-state index contributed by atoms with van der Waals surface area (Å²) in [4.78, 5) is 1.83. The summed E-state index contributed by atoms with van der Waals surface area (Å²) in [6.45, 7) is 2.44. The number of nitrogens with one attached hydrogen (secondary N) is 1. The van der Waals surface area contributed by atoms with Gasteiger partial charge in [0.2, 0.25) is 0 Å². The normalized spacial score (nSPS) is 14.7. The van der Waals surface area contributed by atoms with Crippen LogP contribution in [0.1, 0.15) is 18.5 Å². The van der Waals surface area contributed by atoms with Crippen LogP contribution < -0.4 is 5.32 Å². The zero-order chi connectivity index (χ0) is 14.6. The van der Waals surface area contributed by atoms with Crippen LogP contribution in [0.2, 0.25) is 0 Å². The fourth-order valence-corrected chi connectivity index (χ4v) is 1.74. The first-order valence-electron chi connectivity index (χ1n) is 6.02. The second-order valence-electron chi connectivity index (χ2n) is 4.84. The van der Waals surface area contributed by atoms with E-state index in [2.05, 4.69) is 5.32 Å². The Morgan fingerprint density at radius 1 is 1.21 bits per heavy atom. The predicted molar refractivity (Wildman–Crippen MR) is 67.3 cm³/mol. The van der Waals surface area contributed by atoms with Crippen molar-refractivity contribution in [3.63, 3.8) is 0 Å². The number of nitrogens with zero attached hydrogens (tertiary/aromatic N) is 1. The molecule has 108 valence electrons. The largest absolute Gasteiger partial charge is 0.390 e. The van der Waals surface area contributed by atoms with Crippen LogP contribution in [-0.2, 0) is 0 Å². The summed E-state index contributed by atoms with van der Waals surface area (Å²) < 4.78 is 39.0. The Morgan fingerprint density at radius 3 is 2.21 bits per heavy atom. The third kappa shape index (κ3) is 4.81. The smallest absolute Gasteiger partial charge is 0.194 e. The first-order valence-corrected chi connectivity index (χ1v) is 6.02. The van der Waals surface area contributed by atoms with Crippen LogP contribution in [0.4, 0.5) is 13.2 Å². The standard InChI is InChI=1S/C13H19F3N2O/c1-8(17-6-10(19)7-18(2)3)9-4-11(14)13(16)12(15)5-9/h4-5,8,10,17,19H,6-7H2,1-3H3. The number of rotatable bonds is 6. The van der Waals surface area contributed by atoms with Crippen molar-refractivity contribution in [2.45, 2.75) is 19.1 Å². The Hall–Kier alpha value is -1.11. The minimum absolute atomic E-state index is 0.278. The maximum atomic E-state index is 13.1. The Morgan fingerprint density at radius 2 is 1.74 bits per heavy atom. The Bertz CT molecular complexity index is 403. The molecule has 1 aromatic carbocycles. The lowest BCUT2D eigenvalue weighted by Crippen LogP contribution is -2.36. The number of halogens is 3. The average molecular weight is 276 g/mol. The number of hydrogen-bond acceptors (Lipinski definition) is 3. The molecule has 0 saturated heterocycles. The van der Waals surface area contributed by atoms with E-state index in [1.54, 1.807) is 6.92 Å². The first kappa shape index (κ1) is 15.9. The molecule has 0 aliphatic rings. The van der Waals surface area contributed by atoms with Gasteiger partial charge in [-0.15, -0.1) is 0 Å². The van der Waals surface area contributed by atoms with E-state index in [9.17, 15) is 18.3 Å². The van der Waals surface area contributed by atoms with E-state index in [1.807, 2.05) is 19.0 Å². The SMILES string of the molecule is CC(NCC(O)CN(C)C)c1cc(F)c(F)c(F)c1. The molecular formula is C13H19F3N2O. The molecule has 0 aliphatic heterocycles. The van der Waals surface area contributed by atoms with Gasteiger partial charge < -0.3 is 15.3 Å². The summed E-state index contributed by atoms with van der Waals surface area (Å²) >= 11 is 0. The molecule has 0 radical (unpaired) electrons. The minimum atomic E-state index is -1.47. The monoisotopic (exact) mass is 276 g/mol. The van der Waals surface area contributed by atoms with Crippen LogP contribution in [0.15, 0.2) is 12.1 Å². The molecule has 0 aliphatic carbocycles. The summed E-state index contributed by atoms with van der Waals surface area (Å²) in [7, 11) is 3.66. The van der Waals surface area contributed by atoms with E-state index in [4.69, 9.17) is 0 Å². The van der Waals surface area contributed by atoms with Gasteiger partial charge in [0.15, 0.2) is 17.5 Å². The average Bonchev–Trinajstić information content (AvgIpc) is 2.31. The molecule has 0 amide bonds. The van der Waals surface area contributed by atoms with Gasteiger partial charge in [0.05, 0.1) is 6.10 Å². The lowest BCUT2D eigenvalue weighted by molar-refractivity contribution is 0.132. The van der Waals surface area contributed by atoms with Gasteiger partial charge in [-0.25, -0.2) is 13.2 Å². The number of benzene rings is 1.